The van der Waals surface area contributed by atoms with Crippen LogP contribution in [0.1, 0.15) is 25.0 Å². The smallest absolute Gasteiger partial charge is 0.200 e. The number of hydrogen-bond acceptors (Lipinski definition) is 1. The van der Waals surface area contributed by atoms with Crippen LogP contribution in [0.15, 0.2) is 76.7 Å². The molecule has 1 aliphatic rings. The third-order valence-electron chi connectivity index (χ3n) is 6.67. The Morgan fingerprint density at radius 2 is 1.61 bits per heavy atom. The van der Waals surface area contributed by atoms with Crippen molar-refractivity contribution in [3.8, 4) is 11.3 Å². The molecule has 0 saturated heterocycles. The van der Waals surface area contributed by atoms with E-state index < -0.39 is 0 Å². The third kappa shape index (κ3) is 2.74. The zero-order valence-corrected chi connectivity index (χ0v) is 19.3. The summed E-state index contributed by atoms with van der Waals surface area (Å²) in [6.07, 6.45) is 3.36. The van der Waals surface area contributed by atoms with E-state index in [-0.39, 0.29) is 0 Å². The van der Waals surface area contributed by atoms with Crippen LogP contribution in [0.25, 0.3) is 43.6 Å². The largest absolute Gasteiger partial charge is 0.222 e. The van der Waals surface area contributed by atoms with Crippen molar-refractivity contribution in [1.82, 2.24) is 0 Å². The van der Waals surface area contributed by atoms with Crippen molar-refractivity contribution in [3.05, 3.63) is 78.0 Å². The number of fused-ring (bicyclic) bond motifs is 5. The number of aryl methyl sites for hydroxylation is 2. The van der Waals surface area contributed by atoms with E-state index in [1.165, 1.54) is 64.5 Å². The van der Waals surface area contributed by atoms with Crippen LogP contribution in [0.5, 0.6) is 0 Å². The lowest BCUT2D eigenvalue weighted by Crippen LogP contribution is -2.31. The van der Waals surface area contributed by atoms with Gasteiger partial charge in [0.05, 0.1) is 10.9 Å². The second-order valence-corrected chi connectivity index (χ2v) is 10.3. The fourth-order valence-electron chi connectivity index (χ4n) is 5.37. The predicted molar refractivity (Wildman–Crippen MR) is 133 cm³/mol. The van der Waals surface area contributed by atoms with Crippen LogP contribution < -0.4 is 4.57 Å². The van der Waals surface area contributed by atoms with Crippen LogP contribution in [0.4, 0.5) is 0 Å². The summed E-state index contributed by atoms with van der Waals surface area (Å²) in [5.41, 5.74) is 5.59. The summed E-state index contributed by atoms with van der Waals surface area (Å²) in [5, 5.41) is 8.26. The molecule has 0 fully saturated rings. The van der Waals surface area contributed by atoms with Gasteiger partial charge in [0.15, 0.2) is 6.20 Å². The Morgan fingerprint density at radius 1 is 0.839 bits per heavy atom. The first-order chi connectivity index (χ1) is 15.0. The maximum Gasteiger partial charge on any atom is 0.222 e. The molecule has 0 saturated carbocycles. The van der Waals surface area contributed by atoms with Crippen molar-refractivity contribution >= 4 is 44.1 Å². The zero-order chi connectivity index (χ0) is 21.3. The van der Waals surface area contributed by atoms with Gasteiger partial charge in [0, 0.05) is 21.2 Å². The predicted octanol–water partition coefficient (Wildman–Crippen LogP) is 7.61. The van der Waals surface area contributed by atoms with Gasteiger partial charge in [0.2, 0.25) is 5.69 Å². The first-order valence-corrected chi connectivity index (χ1v) is 11.9. The van der Waals surface area contributed by atoms with E-state index in [0.29, 0.717) is 5.92 Å². The number of nitrogens with zero attached hydrogens (tertiary/aromatic N) is 1. The summed E-state index contributed by atoms with van der Waals surface area (Å²) in [7, 11) is 2.19. The van der Waals surface area contributed by atoms with Crippen molar-refractivity contribution in [2.45, 2.75) is 37.0 Å². The standard InChI is InChI=1S/C29H26NS/c1-17(2)14-20-9-7-10-21-16-25-28-23(27(20)21)12-13-30(4)29(28)26-18(3)22-11-6-5-8-19(22)15-24(26)31-25/h5-13,15-17H,14H2,1-4H3/q+1. The van der Waals surface area contributed by atoms with E-state index in [1.54, 1.807) is 0 Å². The highest BCUT2D eigenvalue weighted by Gasteiger charge is 2.30. The van der Waals surface area contributed by atoms with Crippen LogP contribution in [0.3, 0.4) is 0 Å². The van der Waals surface area contributed by atoms with Crippen molar-refractivity contribution in [1.29, 1.82) is 0 Å². The Bertz CT molecular complexity index is 1530. The van der Waals surface area contributed by atoms with Gasteiger partial charge in [-0.2, -0.15) is 0 Å². The third-order valence-corrected chi connectivity index (χ3v) is 7.75. The highest BCUT2D eigenvalue weighted by Crippen LogP contribution is 2.51. The van der Waals surface area contributed by atoms with Crippen molar-refractivity contribution < 1.29 is 4.57 Å². The van der Waals surface area contributed by atoms with Crippen LogP contribution in [0, 0.1) is 12.8 Å². The molecular formula is C29H26NS+. The molecular weight excluding hydrogens is 394 g/mol. The van der Waals surface area contributed by atoms with Gasteiger partial charge in [-0.05, 0) is 64.1 Å². The second kappa shape index (κ2) is 6.83. The van der Waals surface area contributed by atoms with Gasteiger partial charge >= 0.3 is 0 Å². The number of aromatic nitrogens is 1. The van der Waals surface area contributed by atoms with Gasteiger partial charge in [-0.3, -0.25) is 0 Å². The molecule has 0 atom stereocenters. The summed E-state index contributed by atoms with van der Waals surface area (Å²) in [4.78, 5) is 2.74. The SMILES string of the molecule is Cc1c2c(cc3ccccc13)Sc1cc3cccc(CC(C)C)c3c3cc[n+](C)c-2c13. The summed E-state index contributed by atoms with van der Waals surface area (Å²) in [5.74, 6) is 0.635. The first-order valence-electron chi connectivity index (χ1n) is 11.1. The van der Waals surface area contributed by atoms with E-state index in [4.69, 9.17) is 0 Å². The first kappa shape index (κ1) is 18.9. The molecule has 0 aliphatic carbocycles. The summed E-state index contributed by atoms with van der Waals surface area (Å²) >= 11 is 1.93. The summed E-state index contributed by atoms with van der Waals surface area (Å²) in [6, 6.07) is 22.7. The Kier molecular flexibility index (Phi) is 4.16. The molecule has 0 unspecified atom stereocenters. The molecule has 1 nitrogen and oxygen atoms in total. The molecule has 31 heavy (non-hydrogen) atoms. The van der Waals surface area contributed by atoms with Gasteiger partial charge in [-0.1, -0.05) is 68.1 Å². The fourth-order valence-corrected chi connectivity index (χ4v) is 6.64. The van der Waals surface area contributed by atoms with Gasteiger partial charge in [0.25, 0.3) is 0 Å². The van der Waals surface area contributed by atoms with E-state index >= 15 is 0 Å². The molecule has 1 aromatic heterocycles. The lowest BCUT2D eigenvalue weighted by Gasteiger charge is -2.22. The Morgan fingerprint density at radius 3 is 2.45 bits per heavy atom. The van der Waals surface area contributed by atoms with E-state index in [9.17, 15) is 0 Å². The average molecular weight is 421 g/mol. The molecule has 0 radical (unpaired) electrons. The van der Waals surface area contributed by atoms with Crippen LogP contribution in [-0.4, -0.2) is 0 Å². The lowest BCUT2D eigenvalue weighted by atomic mass is 9.90. The second-order valence-electron chi connectivity index (χ2n) is 9.25. The molecule has 4 aromatic carbocycles. The van der Waals surface area contributed by atoms with Crippen LogP contribution in [0.2, 0.25) is 0 Å². The minimum atomic E-state index is 0.635. The topological polar surface area (TPSA) is 3.88 Å². The maximum atomic E-state index is 2.42. The average Bonchev–Trinajstić information content (AvgIpc) is 2.75. The Labute approximate surface area is 187 Å². The molecule has 0 amide bonds. The van der Waals surface area contributed by atoms with Gasteiger partial charge in [-0.25, -0.2) is 4.57 Å². The van der Waals surface area contributed by atoms with Crippen molar-refractivity contribution in [3.63, 3.8) is 0 Å². The Balaban J connectivity index is 1.78. The van der Waals surface area contributed by atoms with Crippen LogP contribution in [-0.2, 0) is 13.5 Å². The van der Waals surface area contributed by atoms with Gasteiger partial charge < -0.3 is 0 Å². The molecule has 2 heteroatoms. The van der Waals surface area contributed by atoms with Crippen molar-refractivity contribution in [2.24, 2.45) is 13.0 Å². The summed E-state index contributed by atoms with van der Waals surface area (Å²) < 4.78 is 2.32. The quantitative estimate of drug-likeness (QED) is 0.206. The molecule has 152 valence electrons. The highest BCUT2D eigenvalue weighted by atomic mass is 32.2. The number of benzene rings is 4. The number of pyridine rings is 1. The minimum Gasteiger partial charge on any atom is -0.200 e. The van der Waals surface area contributed by atoms with Crippen molar-refractivity contribution in [2.75, 3.05) is 0 Å². The molecule has 6 rings (SSSR count). The zero-order valence-electron chi connectivity index (χ0n) is 18.5. The Hall–Kier alpha value is -2.84. The molecule has 0 spiro atoms. The van der Waals surface area contributed by atoms with E-state index in [2.05, 4.69) is 99.2 Å². The molecule has 2 heterocycles. The maximum absolute atomic E-state index is 2.42. The number of hydrogen-bond donors (Lipinski definition) is 0. The number of rotatable bonds is 2. The molecule has 0 bridgehead atoms. The van der Waals surface area contributed by atoms with E-state index in [1.807, 2.05) is 11.8 Å². The molecule has 5 aromatic rings. The molecule has 0 N–H and O–H groups in total. The lowest BCUT2D eigenvalue weighted by molar-refractivity contribution is -0.659. The van der Waals surface area contributed by atoms with Gasteiger partial charge in [-0.15, -0.1) is 0 Å². The monoisotopic (exact) mass is 420 g/mol. The highest BCUT2D eigenvalue weighted by molar-refractivity contribution is 7.99. The minimum absolute atomic E-state index is 0.635. The summed E-state index contributed by atoms with van der Waals surface area (Å²) in [6.45, 7) is 6.91. The van der Waals surface area contributed by atoms with E-state index in [0.717, 1.165) is 6.42 Å². The van der Waals surface area contributed by atoms with Crippen LogP contribution >= 0.6 is 11.8 Å². The normalized spacial score (nSPS) is 12.8. The molecule has 1 aliphatic heterocycles. The fraction of sp³-hybridized carbons (Fsp3) is 0.207. The van der Waals surface area contributed by atoms with Gasteiger partial charge in [0.1, 0.15) is 7.05 Å².